The van der Waals surface area contributed by atoms with Crippen molar-refractivity contribution in [3.63, 3.8) is 0 Å². The van der Waals surface area contributed by atoms with Crippen LogP contribution in [0.3, 0.4) is 0 Å². The number of halogens is 1. The van der Waals surface area contributed by atoms with Gasteiger partial charge in [0.25, 0.3) is 0 Å². The van der Waals surface area contributed by atoms with E-state index in [0.29, 0.717) is 0 Å². The fourth-order valence-corrected chi connectivity index (χ4v) is 0.803. The molecular formula is C9H20ClN. The zero-order chi connectivity index (χ0) is 7.66. The Balaban J connectivity index is 0. The zero-order valence-corrected chi connectivity index (χ0v) is 8.41. The summed E-state index contributed by atoms with van der Waals surface area (Å²) in [4.78, 5) is 0. The minimum Gasteiger partial charge on any atom is -0.313 e. The van der Waals surface area contributed by atoms with E-state index in [-0.39, 0.29) is 12.4 Å². The second-order valence-electron chi connectivity index (χ2n) is 2.48. The molecular weight excluding hydrogens is 158 g/mol. The van der Waals surface area contributed by atoms with Crippen LogP contribution in [0.5, 0.6) is 0 Å². The summed E-state index contributed by atoms with van der Waals surface area (Å²) < 4.78 is 0. The number of unbranched alkanes of at least 4 members (excludes halogenated alkanes) is 2. The largest absolute Gasteiger partial charge is 0.313 e. The summed E-state index contributed by atoms with van der Waals surface area (Å²) in [5, 5.41) is 3.33. The van der Waals surface area contributed by atoms with Crippen molar-refractivity contribution in [3.05, 3.63) is 12.2 Å². The third-order valence-electron chi connectivity index (χ3n) is 1.45. The molecule has 0 spiro atoms. The molecule has 11 heavy (non-hydrogen) atoms. The number of allylic oxidation sites excluding steroid dienone is 1. The van der Waals surface area contributed by atoms with E-state index in [1.54, 1.807) is 0 Å². The van der Waals surface area contributed by atoms with Crippen molar-refractivity contribution in [1.29, 1.82) is 0 Å². The van der Waals surface area contributed by atoms with E-state index in [2.05, 4.69) is 24.4 Å². The molecule has 0 aliphatic heterocycles. The molecule has 0 aromatic carbocycles. The van der Waals surface area contributed by atoms with Crippen LogP contribution in [0.2, 0.25) is 0 Å². The highest BCUT2D eigenvalue weighted by molar-refractivity contribution is 5.85. The SMILES string of the molecule is CC=CCNCCCCC.Cl. The van der Waals surface area contributed by atoms with Crippen molar-refractivity contribution in [2.45, 2.75) is 33.1 Å². The molecule has 0 heterocycles. The van der Waals surface area contributed by atoms with Gasteiger partial charge in [-0.05, 0) is 19.9 Å². The fourth-order valence-electron chi connectivity index (χ4n) is 0.803. The van der Waals surface area contributed by atoms with Crippen LogP contribution in [0, 0.1) is 0 Å². The summed E-state index contributed by atoms with van der Waals surface area (Å²) in [6, 6.07) is 0. The lowest BCUT2D eigenvalue weighted by atomic mass is 10.2. The maximum Gasteiger partial charge on any atom is 0.0134 e. The van der Waals surface area contributed by atoms with E-state index in [9.17, 15) is 0 Å². The Morgan fingerprint density at radius 2 is 2.00 bits per heavy atom. The minimum atomic E-state index is 0. The Labute approximate surface area is 76.7 Å². The number of hydrogen-bond acceptors (Lipinski definition) is 1. The summed E-state index contributed by atoms with van der Waals surface area (Å²) in [5.74, 6) is 0. The van der Waals surface area contributed by atoms with Gasteiger partial charge in [0.05, 0.1) is 0 Å². The van der Waals surface area contributed by atoms with Crippen LogP contribution in [0.25, 0.3) is 0 Å². The molecule has 1 nitrogen and oxygen atoms in total. The molecule has 1 N–H and O–H groups in total. The molecule has 0 radical (unpaired) electrons. The highest BCUT2D eigenvalue weighted by Gasteiger charge is 1.82. The lowest BCUT2D eigenvalue weighted by Gasteiger charge is -1.98. The van der Waals surface area contributed by atoms with Crippen LogP contribution in [-0.4, -0.2) is 13.1 Å². The van der Waals surface area contributed by atoms with Gasteiger partial charge in [-0.1, -0.05) is 31.9 Å². The summed E-state index contributed by atoms with van der Waals surface area (Å²) in [7, 11) is 0. The number of rotatable bonds is 6. The van der Waals surface area contributed by atoms with Gasteiger partial charge in [-0.25, -0.2) is 0 Å². The smallest absolute Gasteiger partial charge is 0.0134 e. The molecule has 0 atom stereocenters. The summed E-state index contributed by atoms with van der Waals surface area (Å²) in [5.41, 5.74) is 0. The predicted molar refractivity (Wildman–Crippen MR) is 54.5 cm³/mol. The van der Waals surface area contributed by atoms with E-state index in [1.807, 2.05) is 6.92 Å². The Morgan fingerprint density at radius 3 is 2.55 bits per heavy atom. The summed E-state index contributed by atoms with van der Waals surface area (Å²) in [6.07, 6.45) is 8.20. The fraction of sp³-hybridized carbons (Fsp3) is 0.778. The van der Waals surface area contributed by atoms with Gasteiger partial charge in [0, 0.05) is 6.54 Å². The monoisotopic (exact) mass is 177 g/mol. The number of nitrogens with one attached hydrogen (secondary N) is 1. The maximum atomic E-state index is 3.33. The van der Waals surface area contributed by atoms with Gasteiger partial charge >= 0.3 is 0 Å². The first-order valence-corrected chi connectivity index (χ1v) is 4.23. The average molecular weight is 178 g/mol. The molecule has 0 saturated carbocycles. The van der Waals surface area contributed by atoms with Gasteiger partial charge in [0.2, 0.25) is 0 Å². The molecule has 0 aliphatic carbocycles. The lowest BCUT2D eigenvalue weighted by molar-refractivity contribution is 0.646. The molecule has 0 bridgehead atoms. The molecule has 68 valence electrons. The standard InChI is InChI=1S/C9H19N.ClH/c1-3-5-7-9-10-8-6-4-2;/h4,6,10H,3,5,7-9H2,1-2H3;1H. The van der Waals surface area contributed by atoms with E-state index < -0.39 is 0 Å². The van der Waals surface area contributed by atoms with Crippen molar-refractivity contribution < 1.29 is 0 Å². The second-order valence-corrected chi connectivity index (χ2v) is 2.48. The molecule has 0 aromatic rings. The molecule has 0 aromatic heterocycles. The van der Waals surface area contributed by atoms with Crippen LogP contribution in [0.1, 0.15) is 33.1 Å². The van der Waals surface area contributed by atoms with Crippen LogP contribution in [0.15, 0.2) is 12.2 Å². The van der Waals surface area contributed by atoms with Crippen molar-refractivity contribution in [3.8, 4) is 0 Å². The van der Waals surface area contributed by atoms with Crippen molar-refractivity contribution in [1.82, 2.24) is 5.32 Å². The second kappa shape index (κ2) is 12.6. The van der Waals surface area contributed by atoms with E-state index in [4.69, 9.17) is 0 Å². The molecule has 0 fully saturated rings. The highest BCUT2D eigenvalue weighted by Crippen LogP contribution is 1.90. The topological polar surface area (TPSA) is 12.0 Å². The molecule has 0 amide bonds. The quantitative estimate of drug-likeness (QED) is 0.486. The van der Waals surface area contributed by atoms with Gasteiger partial charge in [-0.3, -0.25) is 0 Å². The average Bonchev–Trinajstić information content (AvgIpc) is 1.97. The first-order valence-electron chi connectivity index (χ1n) is 4.23. The van der Waals surface area contributed by atoms with Gasteiger partial charge in [0.1, 0.15) is 0 Å². The molecule has 0 rings (SSSR count). The normalized spacial score (nSPS) is 10.0. The zero-order valence-electron chi connectivity index (χ0n) is 7.60. The predicted octanol–water partition coefficient (Wildman–Crippen LogP) is 2.76. The Morgan fingerprint density at radius 1 is 1.27 bits per heavy atom. The Hall–Kier alpha value is -0.0100. The lowest BCUT2D eigenvalue weighted by Crippen LogP contribution is -2.14. The Bertz CT molecular complexity index is 81.6. The van der Waals surface area contributed by atoms with Crippen LogP contribution in [0.4, 0.5) is 0 Å². The molecule has 2 heteroatoms. The van der Waals surface area contributed by atoms with Gasteiger partial charge in [0.15, 0.2) is 0 Å². The molecule has 0 saturated heterocycles. The van der Waals surface area contributed by atoms with Gasteiger partial charge in [-0.2, -0.15) is 0 Å². The van der Waals surface area contributed by atoms with E-state index in [1.165, 1.54) is 19.3 Å². The van der Waals surface area contributed by atoms with Crippen LogP contribution >= 0.6 is 12.4 Å². The van der Waals surface area contributed by atoms with E-state index >= 15 is 0 Å². The first-order chi connectivity index (χ1) is 4.91. The Kier molecular flexibility index (Phi) is 15.6. The summed E-state index contributed by atoms with van der Waals surface area (Å²) >= 11 is 0. The van der Waals surface area contributed by atoms with Gasteiger partial charge in [-0.15, -0.1) is 12.4 Å². The van der Waals surface area contributed by atoms with Gasteiger partial charge < -0.3 is 5.32 Å². The first kappa shape index (κ1) is 13.6. The van der Waals surface area contributed by atoms with Crippen molar-refractivity contribution in [2.24, 2.45) is 0 Å². The molecule has 0 aliphatic rings. The van der Waals surface area contributed by atoms with Crippen molar-refractivity contribution in [2.75, 3.05) is 13.1 Å². The van der Waals surface area contributed by atoms with Crippen molar-refractivity contribution >= 4 is 12.4 Å². The molecule has 0 unspecified atom stereocenters. The highest BCUT2D eigenvalue weighted by atomic mass is 35.5. The van der Waals surface area contributed by atoms with Crippen LogP contribution < -0.4 is 5.32 Å². The van der Waals surface area contributed by atoms with E-state index in [0.717, 1.165) is 13.1 Å². The maximum absolute atomic E-state index is 3.33. The minimum absolute atomic E-state index is 0. The summed E-state index contributed by atoms with van der Waals surface area (Å²) in [6.45, 7) is 6.47. The number of hydrogen-bond donors (Lipinski definition) is 1. The third-order valence-corrected chi connectivity index (χ3v) is 1.45. The third kappa shape index (κ3) is 13.1. The van der Waals surface area contributed by atoms with Crippen LogP contribution in [-0.2, 0) is 0 Å².